The van der Waals surface area contributed by atoms with E-state index in [-0.39, 0.29) is 17.8 Å². The highest BCUT2D eigenvalue weighted by molar-refractivity contribution is 5.97. The first-order valence-electron chi connectivity index (χ1n) is 13.6. The Morgan fingerprint density at radius 1 is 1.12 bits per heavy atom. The van der Waals surface area contributed by atoms with Crippen LogP contribution in [0.2, 0.25) is 0 Å². The third kappa shape index (κ3) is 5.45. The van der Waals surface area contributed by atoms with Crippen molar-refractivity contribution in [1.82, 2.24) is 24.3 Å². The van der Waals surface area contributed by atoms with E-state index in [1.807, 2.05) is 24.3 Å². The first-order chi connectivity index (χ1) is 19.8. The van der Waals surface area contributed by atoms with Gasteiger partial charge >= 0.3 is 5.69 Å². The molecule has 1 aliphatic rings. The molecule has 1 aliphatic carbocycles. The zero-order chi connectivity index (χ0) is 28.7. The highest BCUT2D eigenvalue weighted by atomic mass is 19.1. The Kier molecular flexibility index (Phi) is 6.82. The Morgan fingerprint density at radius 3 is 2.73 bits per heavy atom. The van der Waals surface area contributed by atoms with Crippen molar-refractivity contribution < 1.29 is 9.18 Å². The molecule has 0 spiro atoms. The quantitative estimate of drug-likeness (QED) is 0.259. The van der Waals surface area contributed by atoms with Gasteiger partial charge in [0, 0.05) is 30.3 Å². The fourth-order valence-corrected chi connectivity index (χ4v) is 5.35. The van der Waals surface area contributed by atoms with Crippen LogP contribution in [0.3, 0.4) is 0 Å². The number of Topliss-reactive ketones (excluding diaryl/α,β-unsaturated/α-hetero) is 1. The maximum Gasteiger partial charge on any atom is 0.328 e. The number of anilines is 1. The molecule has 0 saturated heterocycles. The summed E-state index contributed by atoms with van der Waals surface area (Å²) >= 11 is 0. The Morgan fingerprint density at radius 2 is 1.95 bits per heavy atom. The van der Waals surface area contributed by atoms with Crippen molar-refractivity contribution in [2.45, 2.75) is 45.1 Å². The number of aromatic nitrogens is 5. The Bertz CT molecular complexity index is 1900. The molecule has 0 bridgehead atoms. The van der Waals surface area contributed by atoms with Gasteiger partial charge in [0.25, 0.3) is 5.56 Å². The van der Waals surface area contributed by atoms with Crippen LogP contribution < -0.4 is 17.0 Å². The van der Waals surface area contributed by atoms with Crippen LogP contribution in [-0.4, -0.2) is 30.1 Å². The zero-order valence-corrected chi connectivity index (χ0v) is 22.5. The van der Waals surface area contributed by atoms with Gasteiger partial charge in [-0.2, -0.15) is 5.10 Å². The molecule has 6 rings (SSSR count). The van der Waals surface area contributed by atoms with Crippen molar-refractivity contribution in [3.05, 3.63) is 116 Å². The highest BCUT2D eigenvalue weighted by Gasteiger charge is 2.25. The molecule has 1 fully saturated rings. The van der Waals surface area contributed by atoms with Gasteiger partial charge in [0.15, 0.2) is 5.78 Å². The van der Waals surface area contributed by atoms with E-state index in [4.69, 9.17) is 5.73 Å². The number of aryl methyl sites for hydroxylation is 1. The van der Waals surface area contributed by atoms with Crippen LogP contribution in [0.4, 0.5) is 10.2 Å². The van der Waals surface area contributed by atoms with Crippen LogP contribution in [-0.2, 0) is 6.42 Å². The van der Waals surface area contributed by atoms with Gasteiger partial charge < -0.3 is 5.73 Å². The summed E-state index contributed by atoms with van der Waals surface area (Å²) < 4.78 is 18.1. The van der Waals surface area contributed by atoms with E-state index in [1.165, 1.54) is 22.9 Å². The first-order valence-corrected chi connectivity index (χ1v) is 13.6. The van der Waals surface area contributed by atoms with Crippen LogP contribution >= 0.6 is 0 Å². The van der Waals surface area contributed by atoms with Gasteiger partial charge in [-0.1, -0.05) is 31.0 Å². The number of hydrogen-bond acceptors (Lipinski definition) is 6. The summed E-state index contributed by atoms with van der Waals surface area (Å²) in [4.78, 5) is 44.4. The summed E-state index contributed by atoms with van der Waals surface area (Å²) in [7, 11) is 0. The monoisotopic (exact) mass is 552 g/mol. The molecule has 9 nitrogen and oxygen atoms in total. The smallest absolute Gasteiger partial charge is 0.328 e. The number of nitrogens with zero attached hydrogens (tertiary/aromatic N) is 4. The average molecular weight is 553 g/mol. The average Bonchev–Trinajstić information content (AvgIpc) is 3.70. The van der Waals surface area contributed by atoms with Crippen molar-refractivity contribution >= 4 is 22.4 Å². The number of pyridine rings is 1. The standard InChI is InChI=1S/C31H29FN6O3/c1-18-14-27(38(36-18)23-7-5-20-10-12-34-30(33)24(20)17-23)28(39)16-22-15-21(6-8-25(22)32)26(9-4-19-2-3-19)37-13-11-29(40)35-31(37)41/h5-8,10-15,17,19,26H,2-4,9,16H2,1H3,(H2,33,34)(H,35,40,41). The van der Waals surface area contributed by atoms with Gasteiger partial charge in [0.2, 0.25) is 0 Å². The summed E-state index contributed by atoms with van der Waals surface area (Å²) in [5.41, 5.74) is 7.59. The fourth-order valence-electron chi connectivity index (χ4n) is 5.35. The van der Waals surface area contributed by atoms with Gasteiger partial charge in [-0.05, 0) is 72.5 Å². The van der Waals surface area contributed by atoms with Gasteiger partial charge in [0.05, 0.1) is 17.4 Å². The molecule has 0 radical (unpaired) electrons. The lowest BCUT2D eigenvalue weighted by molar-refractivity contribution is 0.0984. The van der Waals surface area contributed by atoms with Crippen molar-refractivity contribution in [2.24, 2.45) is 5.92 Å². The second-order valence-electron chi connectivity index (χ2n) is 10.7. The predicted octanol–water partition coefficient (Wildman–Crippen LogP) is 4.51. The Balaban J connectivity index is 1.33. The largest absolute Gasteiger partial charge is 0.383 e. The molecule has 2 aromatic carbocycles. The number of aromatic amines is 1. The minimum Gasteiger partial charge on any atom is -0.383 e. The second-order valence-corrected chi connectivity index (χ2v) is 10.7. The Labute approximate surface area is 234 Å². The molecule has 0 aliphatic heterocycles. The minimum atomic E-state index is -0.522. The molecule has 1 atom stereocenters. The number of nitrogens with one attached hydrogen (secondary N) is 1. The van der Waals surface area contributed by atoms with E-state index >= 15 is 4.39 Å². The molecule has 10 heteroatoms. The van der Waals surface area contributed by atoms with Gasteiger partial charge in [-0.15, -0.1) is 0 Å². The molecule has 0 amide bonds. The number of carbonyl (C=O) groups is 1. The summed E-state index contributed by atoms with van der Waals surface area (Å²) in [5, 5.41) is 6.18. The van der Waals surface area contributed by atoms with Gasteiger partial charge in [-0.3, -0.25) is 19.1 Å². The summed E-state index contributed by atoms with van der Waals surface area (Å²) in [6, 6.07) is 14.6. The predicted molar refractivity (Wildman–Crippen MR) is 154 cm³/mol. The van der Waals surface area contributed by atoms with Crippen LogP contribution in [0, 0.1) is 18.7 Å². The third-order valence-corrected chi connectivity index (χ3v) is 7.68. The Hall–Kier alpha value is -4.86. The number of carbonyl (C=O) groups excluding carboxylic acids is 1. The van der Waals surface area contributed by atoms with Crippen molar-refractivity contribution in [3.8, 4) is 5.69 Å². The molecule has 3 heterocycles. The first kappa shape index (κ1) is 26.4. The number of nitrogen functional groups attached to an aromatic ring is 1. The molecule has 1 saturated carbocycles. The van der Waals surface area contributed by atoms with Crippen molar-refractivity contribution in [3.63, 3.8) is 0 Å². The van der Waals surface area contributed by atoms with Crippen LogP contribution in [0.5, 0.6) is 0 Å². The van der Waals surface area contributed by atoms with E-state index in [1.54, 1.807) is 36.0 Å². The molecule has 5 aromatic rings. The molecular formula is C31H29FN6O3. The lowest BCUT2D eigenvalue weighted by Gasteiger charge is -2.21. The number of hydrogen-bond donors (Lipinski definition) is 2. The van der Waals surface area contributed by atoms with E-state index < -0.39 is 23.1 Å². The lowest BCUT2D eigenvalue weighted by atomic mass is 9.96. The van der Waals surface area contributed by atoms with Crippen molar-refractivity contribution in [2.75, 3.05) is 5.73 Å². The summed E-state index contributed by atoms with van der Waals surface area (Å²) in [6.45, 7) is 1.79. The number of nitrogens with two attached hydrogens (primary N) is 1. The van der Waals surface area contributed by atoms with Gasteiger partial charge in [0.1, 0.15) is 17.3 Å². The number of benzene rings is 2. The van der Waals surface area contributed by atoms with Crippen LogP contribution in [0.1, 0.15) is 59.0 Å². The zero-order valence-electron chi connectivity index (χ0n) is 22.5. The molecule has 208 valence electrons. The second kappa shape index (κ2) is 10.6. The maximum atomic E-state index is 15.1. The molecule has 3 N–H and O–H groups in total. The molecule has 1 unspecified atom stereocenters. The van der Waals surface area contributed by atoms with E-state index in [9.17, 15) is 14.4 Å². The summed E-state index contributed by atoms with van der Waals surface area (Å²) in [6.07, 6.45) is 6.79. The molecular weight excluding hydrogens is 523 g/mol. The van der Waals surface area contributed by atoms with Crippen LogP contribution in [0.15, 0.2) is 76.6 Å². The summed E-state index contributed by atoms with van der Waals surface area (Å²) in [5.74, 6) is 0.167. The van der Waals surface area contributed by atoms with Crippen molar-refractivity contribution in [1.29, 1.82) is 0 Å². The number of halogens is 1. The SMILES string of the molecule is Cc1cc(C(=O)Cc2cc(C(CCC3CC3)n3ccc(=O)[nH]c3=O)ccc2F)n(-c2ccc3ccnc(N)c3c2)n1. The van der Waals surface area contributed by atoms with E-state index in [0.717, 1.165) is 30.0 Å². The van der Waals surface area contributed by atoms with Crippen LogP contribution in [0.25, 0.3) is 16.5 Å². The normalized spacial score (nSPS) is 13.9. The molecule has 3 aromatic heterocycles. The number of H-pyrrole nitrogens is 1. The minimum absolute atomic E-state index is 0.196. The van der Waals surface area contributed by atoms with E-state index in [2.05, 4.69) is 15.1 Å². The topological polar surface area (TPSA) is 129 Å². The maximum absolute atomic E-state index is 15.1. The number of rotatable bonds is 9. The highest BCUT2D eigenvalue weighted by Crippen LogP contribution is 2.37. The van der Waals surface area contributed by atoms with Gasteiger partial charge in [-0.25, -0.2) is 18.9 Å². The van der Waals surface area contributed by atoms with E-state index in [0.29, 0.717) is 40.8 Å². The lowest BCUT2D eigenvalue weighted by Crippen LogP contribution is -2.32. The number of fused-ring (bicyclic) bond motifs is 1. The fraction of sp³-hybridized carbons (Fsp3) is 0.258. The third-order valence-electron chi connectivity index (χ3n) is 7.68. The number of ketones is 1. The molecule has 41 heavy (non-hydrogen) atoms.